The lowest BCUT2D eigenvalue weighted by molar-refractivity contribution is 0.0700. The Morgan fingerprint density at radius 1 is 1.24 bits per heavy atom. The molecule has 0 amide bonds. The van der Waals surface area contributed by atoms with Gasteiger partial charge in [-0.15, -0.1) is 0 Å². The average Bonchev–Trinajstić information content (AvgIpc) is 2.39. The van der Waals surface area contributed by atoms with Gasteiger partial charge in [0.15, 0.2) is 0 Å². The van der Waals surface area contributed by atoms with Crippen LogP contribution < -0.4 is 0 Å². The summed E-state index contributed by atoms with van der Waals surface area (Å²) in [5, 5.41) is 18.7. The normalized spacial score (nSPS) is 23.4. The largest absolute Gasteiger partial charge is 0.490 e. The quantitative estimate of drug-likeness (QED) is 0.772. The SMILES string of the molecule is COC1(B(O)O)C=CC(c2ccccc2)=CC1. The summed E-state index contributed by atoms with van der Waals surface area (Å²) in [4.78, 5) is 0. The van der Waals surface area contributed by atoms with Crippen molar-refractivity contribution in [3.63, 3.8) is 0 Å². The van der Waals surface area contributed by atoms with Gasteiger partial charge in [-0.3, -0.25) is 0 Å². The molecular weight excluding hydrogens is 215 g/mol. The van der Waals surface area contributed by atoms with Gasteiger partial charge in [0.1, 0.15) is 5.50 Å². The van der Waals surface area contributed by atoms with Gasteiger partial charge in [0, 0.05) is 7.11 Å². The van der Waals surface area contributed by atoms with E-state index in [1.807, 2.05) is 42.5 Å². The minimum absolute atomic E-state index is 0.446. The first-order chi connectivity index (χ1) is 8.18. The molecule has 0 bridgehead atoms. The van der Waals surface area contributed by atoms with E-state index < -0.39 is 12.6 Å². The zero-order valence-corrected chi connectivity index (χ0v) is 9.71. The molecule has 4 heteroatoms. The number of benzene rings is 1. The van der Waals surface area contributed by atoms with Crippen LogP contribution in [-0.4, -0.2) is 29.8 Å². The van der Waals surface area contributed by atoms with Crippen LogP contribution in [-0.2, 0) is 4.74 Å². The Morgan fingerprint density at radius 2 is 1.94 bits per heavy atom. The third-order valence-electron chi connectivity index (χ3n) is 3.11. The Labute approximate surface area is 101 Å². The maximum absolute atomic E-state index is 9.33. The Morgan fingerprint density at radius 3 is 2.41 bits per heavy atom. The molecule has 1 atom stereocenters. The molecule has 0 aromatic heterocycles. The highest BCUT2D eigenvalue weighted by molar-refractivity contribution is 6.46. The van der Waals surface area contributed by atoms with Crippen molar-refractivity contribution in [1.82, 2.24) is 0 Å². The summed E-state index contributed by atoms with van der Waals surface area (Å²) in [6.07, 6.45) is 5.97. The molecule has 1 aliphatic rings. The lowest BCUT2D eigenvalue weighted by Gasteiger charge is -2.29. The van der Waals surface area contributed by atoms with Crippen molar-refractivity contribution >= 4 is 12.7 Å². The minimum Gasteiger partial charge on any atom is -0.425 e. The second kappa shape index (κ2) is 4.88. The van der Waals surface area contributed by atoms with Crippen molar-refractivity contribution in [3.05, 3.63) is 54.1 Å². The Bertz CT molecular complexity index is 439. The summed E-state index contributed by atoms with van der Waals surface area (Å²) >= 11 is 0. The van der Waals surface area contributed by atoms with Crippen LogP contribution in [0.25, 0.3) is 5.57 Å². The summed E-state index contributed by atoms with van der Waals surface area (Å²) in [5.74, 6) is 0. The minimum atomic E-state index is -1.52. The number of ether oxygens (including phenoxy) is 1. The maximum atomic E-state index is 9.33. The topological polar surface area (TPSA) is 49.7 Å². The average molecular weight is 230 g/mol. The fraction of sp³-hybridized carbons (Fsp3) is 0.231. The maximum Gasteiger partial charge on any atom is 0.490 e. The first kappa shape index (κ1) is 12.1. The van der Waals surface area contributed by atoms with Gasteiger partial charge < -0.3 is 14.8 Å². The molecule has 0 radical (unpaired) electrons. The van der Waals surface area contributed by atoms with Crippen molar-refractivity contribution in [2.24, 2.45) is 0 Å². The fourth-order valence-electron chi connectivity index (χ4n) is 1.93. The number of hydrogen-bond acceptors (Lipinski definition) is 3. The highest BCUT2D eigenvalue weighted by Crippen LogP contribution is 2.29. The smallest absolute Gasteiger partial charge is 0.425 e. The highest BCUT2D eigenvalue weighted by atomic mass is 16.5. The summed E-state index contributed by atoms with van der Waals surface area (Å²) in [7, 11) is -0.0391. The molecule has 0 saturated heterocycles. The van der Waals surface area contributed by atoms with E-state index >= 15 is 0 Å². The number of methoxy groups -OCH3 is 1. The van der Waals surface area contributed by atoms with Crippen LogP contribution in [0.1, 0.15) is 12.0 Å². The Balaban J connectivity index is 2.22. The number of hydrogen-bond donors (Lipinski definition) is 2. The summed E-state index contributed by atoms with van der Waals surface area (Å²) in [5.41, 5.74) is 1.16. The molecule has 0 heterocycles. The van der Waals surface area contributed by atoms with Gasteiger partial charge in [-0.25, -0.2) is 0 Å². The predicted molar refractivity (Wildman–Crippen MR) is 68.1 cm³/mol. The van der Waals surface area contributed by atoms with E-state index in [9.17, 15) is 10.0 Å². The van der Waals surface area contributed by atoms with E-state index in [0.29, 0.717) is 6.42 Å². The lowest BCUT2D eigenvalue weighted by Crippen LogP contribution is -2.47. The van der Waals surface area contributed by atoms with Crippen LogP contribution in [0, 0.1) is 0 Å². The van der Waals surface area contributed by atoms with E-state index in [4.69, 9.17) is 4.74 Å². The second-order valence-corrected chi connectivity index (χ2v) is 4.10. The zero-order chi connectivity index (χ0) is 12.3. The number of rotatable bonds is 3. The molecule has 0 spiro atoms. The molecule has 1 aromatic carbocycles. The monoisotopic (exact) mass is 230 g/mol. The van der Waals surface area contributed by atoms with Crippen LogP contribution >= 0.6 is 0 Å². The Kier molecular flexibility index (Phi) is 3.47. The Hall–Kier alpha value is -1.36. The third-order valence-corrected chi connectivity index (χ3v) is 3.11. The highest BCUT2D eigenvalue weighted by Gasteiger charge is 2.40. The standard InChI is InChI=1S/C13H15BO3/c1-17-13(14(15)16)9-7-12(8-10-13)11-5-3-2-4-6-11/h2-9,15-16H,10H2,1H3. The molecule has 1 aromatic rings. The van der Waals surface area contributed by atoms with Crippen LogP contribution in [0.2, 0.25) is 0 Å². The summed E-state index contributed by atoms with van der Waals surface area (Å²) in [6, 6.07) is 9.95. The molecule has 0 fully saturated rings. The van der Waals surface area contributed by atoms with E-state index in [2.05, 4.69) is 0 Å². The van der Waals surface area contributed by atoms with Gasteiger partial charge in [-0.05, 0) is 17.6 Å². The second-order valence-electron chi connectivity index (χ2n) is 4.10. The molecule has 17 heavy (non-hydrogen) atoms. The van der Waals surface area contributed by atoms with E-state index in [1.165, 1.54) is 7.11 Å². The zero-order valence-electron chi connectivity index (χ0n) is 9.71. The first-order valence-electron chi connectivity index (χ1n) is 5.54. The van der Waals surface area contributed by atoms with Gasteiger partial charge in [0.25, 0.3) is 0 Å². The molecule has 88 valence electrons. The fourth-order valence-corrected chi connectivity index (χ4v) is 1.93. The number of allylic oxidation sites excluding steroid dienone is 2. The summed E-state index contributed by atoms with van der Waals surface area (Å²) < 4.78 is 5.19. The van der Waals surface area contributed by atoms with Crippen molar-refractivity contribution in [2.75, 3.05) is 7.11 Å². The van der Waals surface area contributed by atoms with Crippen molar-refractivity contribution in [3.8, 4) is 0 Å². The van der Waals surface area contributed by atoms with E-state index in [1.54, 1.807) is 6.08 Å². The van der Waals surface area contributed by atoms with Crippen LogP contribution in [0.5, 0.6) is 0 Å². The molecule has 2 N–H and O–H groups in total. The molecule has 1 unspecified atom stereocenters. The van der Waals surface area contributed by atoms with Crippen LogP contribution in [0.15, 0.2) is 48.6 Å². The van der Waals surface area contributed by atoms with Gasteiger partial charge in [-0.2, -0.15) is 0 Å². The van der Waals surface area contributed by atoms with Gasteiger partial charge >= 0.3 is 7.12 Å². The molecule has 1 aliphatic carbocycles. The van der Waals surface area contributed by atoms with Gasteiger partial charge in [-0.1, -0.05) is 48.6 Å². The summed E-state index contributed by atoms with van der Waals surface area (Å²) in [6.45, 7) is 0. The van der Waals surface area contributed by atoms with Crippen LogP contribution in [0.3, 0.4) is 0 Å². The molecule has 0 aliphatic heterocycles. The van der Waals surface area contributed by atoms with Crippen molar-refractivity contribution in [1.29, 1.82) is 0 Å². The predicted octanol–water partition coefficient (Wildman–Crippen LogP) is 1.43. The van der Waals surface area contributed by atoms with Crippen LogP contribution in [0.4, 0.5) is 0 Å². The van der Waals surface area contributed by atoms with Gasteiger partial charge in [0.05, 0.1) is 0 Å². The first-order valence-corrected chi connectivity index (χ1v) is 5.54. The van der Waals surface area contributed by atoms with Gasteiger partial charge in [0.2, 0.25) is 0 Å². The molecular formula is C13H15BO3. The van der Waals surface area contributed by atoms with Crippen molar-refractivity contribution < 1.29 is 14.8 Å². The van der Waals surface area contributed by atoms with E-state index in [0.717, 1.165) is 11.1 Å². The molecule has 0 saturated carbocycles. The van der Waals surface area contributed by atoms with Crippen molar-refractivity contribution in [2.45, 2.75) is 11.9 Å². The molecule has 3 nitrogen and oxygen atoms in total. The lowest BCUT2D eigenvalue weighted by atomic mass is 9.64. The third kappa shape index (κ3) is 2.34. The van der Waals surface area contributed by atoms with E-state index in [-0.39, 0.29) is 0 Å². The molecule has 2 rings (SSSR count).